The fourth-order valence-electron chi connectivity index (χ4n) is 3.22. The van der Waals surface area contributed by atoms with Gasteiger partial charge in [0.2, 0.25) is 0 Å². The summed E-state index contributed by atoms with van der Waals surface area (Å²) in [5.74, 6) is 1.08. The number of benzene rings is 1. The molecule has 1 fully saturated rings. The number of fused-ring (bicyclic) bond motifs is 1. The van der Waals surface area contributed by atoms with Crippen LogP contribution in [-0.4, -0.2) is 29.6 Å². The van der Waals surface area contributed by atoms with Crippen molar-refractivity contribution in [3.05, 3.63) is 29.3 Å². The maximum Gasteiger partial charge on any atom is 0.119 e. The minimum atomic E-state index is 0.513. The molecule has 0 saturated carbocycles. The third-order valence-electron chi connectivity index (χ3n) is 4.02. The Kier molecular flexibility index (Phi) is 2.60. The SMILES string of the molecule is Oc1cccc2c1C(CN1CCCC1)CC2. The van der Waals surface area contributed by atoms with Gasteiger partial charge >= 0.3 is 0 Å². The minimum Gasteiger partial charge on any atom is -0.508 e. The zero-order chi connectivity index (χ0) is 11.0. The Balaban J connectivity index is 1.79. The first kappa shape index (κ1) is 10.2. The summed E-state index contributed by atoms with van der Waals surface area (Å²) in [6.45, 7) is 3.64. The van der Waals surface area contributed by atoms with Crippen LogP contribution in [0.1, 0.15) is 36.3 Å². The van der Waals surface area contributed by atoms with E-state index in [1.54, 1.807) is 0 Å². The highest BCUT2D eigenvalue weighted by Crippen LogP contribution is 2.39. The summed E-state index contributed by atoms with van der Waals surface area (Å²) in [7, 11) is 0. The molecule has 1 atom stereocenters. The van der Waals surface area contributed by atoms with Crippen molar-refractivity contribution in [1.82, 2.24) is 4.90 Å². The highest BCUT2D eigenvalue weighted by molar-refractivity contribution is 5.45. The molecule has 0 spiro atoms. The van der Waals surface area contributed by atoms with E-state index in [9.17, 15) is 5.11 Å². The largest absolute Gasteiger partial charge is 0.508 e. The third kappa shape index (κ3) is 1.71. The van der Waals surface area contributed by atoms with E-state index in [1.807, 2.05) is 12.1 Å². The highest BCUT2D eigenvalue weighted by atomic mass is 16.3. The molecule has 1 aliphatic heterocycles. The summed E-state index contributed by atoms with van der Waals surface area (Å²) in [5.41, 5.74) is 2.60. The number of hydrogen-bond donors (Lipinski definition) is 1. The highest BCUT2D eigenvalue weighted by Gasteiger charge is 2.27. The first-order chi connectivity index (χ1) is 7.84. The van der Waals surface area contributed by atoms with Crippen LogP contribution in [-0.2, 0) is 6.42 Å². The van der Waals surface area contributed by atoms with Gasteiger partial charge in [0.1, 0.15) is 5.75 Å². The van der Waals surface area contributed by atoms with Crippen LogP contribution in [0.3, 0.4) is 0 Å². The molecule has 2 nitrogen and oxygen atoms in total. The predicted molar refractivity (Wildman–Crippen MR) is 64.8 cm³/mol. The molecule has 1 aromatic carbocycles. The van der Waals surface area contributed by atoms with E-state index in [4.69, 9.17) is 0 Å². The number of aromatic hydroxyl groups is 1. The van der Waals surface area contributed by atoms with Gasteiger partial charge in [-0.05, 0) is 50.4 Å². The van der Waals surface area contributed by atoms with Crippen LogP contribution in [0.25, 0.3) is 0 Å². The van der Waals surface area contributed by atoms with Gasteiger partial charge < -0.3 is 10.0 Å². The quantitative estimate of drug-likeness (QED) is 0.822. The zero-order valence-corrected chi connectivity index (χ0v) is 9.65. The Labute approximate surface area is 96.9 Å². The molecule has 86 valence electrons. The summed E-state index contributed by atoms with van der Waals surface area (Å²) in [5, 5.41) is 9.96. The number of hydrogen-bond acceptors (Lipinski definition) is 2. The standard InChI is InChI=1S/C14H19NO/c16-13-5-3-4-11-6-7-12(14(11)13)10-15-8-1-2-9-15/h3-5,12,16H,1-2,6-10H2. The maximum atomic E-state index is 9.96. The Morgan fingerprint density at radius 1 is 1.25 bits per heavy atom. The smallest absolute Gasteiger partial charge is 0.119 e. The van der Waals surface area contributed by atoms with Gasteiger partial charge in [-0.1, -0.05) is 12.1 Å². The lowest BCUT2D eigenvalue weighted by atomic mass is 10.00. The van der Waals surface area contributed by atoms with Crippen LogP contribution >= 0.6 is 0 Å². The van der Waals surface area contributed by atoms with Crippen molar-refractivity contribution < 1.29 is 5.11 Å². The third-order valence-corrected chi connectivity index (χ3v) is 4.02. The number of phenols is 1. The monoisotopic (exact) mass is 217 g/mol. The second-order valence-electron chi connectivity index (χ2n) is 5.09. The Bertz CT molecular complexity index is 382. The Morgan fingerprint density at radius 2 is 2.06 bits per heavy atom. The average Bonchev–Trinajstić information content (AvgIpc) is 2.90. The van der Waals surface area contributed by atoms with Crippen molar-refractivity contribution in [2.75, 3.05) is 19.6 Å². The summed E-state index contributed by atoms with van der Waals surface area (Å²) in [6, 6.07) is 5.96. The first-order valence-corrected chi connectivity index (χ1v) is 6.38. The van der Waals surface area contributed by atoms with Crippen molar-refractivity contribution in [3.63, 3.8) is 0 Å². The van der Waals surface area contributed by atoms with E-state index in [-0.39, 0.29) is 0 Å². The molecule has 1 N–H and O–H groups in total. The van der Waals surface area contributed by atoms with Gasteiger partial charge in [0.25, 0.3) is 0 Å². The molecule has 2 heteroatoms. The molecule has 1 unspecified atom stereocenters. The van der Waals surface area contributed by atoms with Gasteiger partial charge in [0, 0.05) is 18.0 Å². The lowest BCUT2D eigenvalue weighted by Crippen LogP contribution is -2.24. The number of likely N-dealkylation sites (tertiary alicyclic amines) is 1. The maximum absolute atomic E-state index is 9.96. The zero-order valence-electron chi connectivity index (χ0n) is 9.65. The normalized spacial score (nSPS) is 24.9. The molecule has 1 aromatic rings. The topological polar surface area (TPSA) is 23.5 Å². The first-order valence-electron chi connectivity index (χ1n) is 6.38. The number of phenolic OH excluding ortho intramolecular Hbond substituents is 1. The molecule has 1 heterocycles. The van der Waals surface area contributed by atoms with Crippen LogP contribution in [0.15, 0.2) is 18.2 Å². The van der Waals surface area contributed by atoms with Gasteiger partial charge in [-0.2, -0.15) is 0 Å². The van der Waals surface area contributed by atoms with Crippen LogP contribution in [0.2, 0.25) is 0 Å². The molecule has 16 heavy (non-hydrogen) atoms. The molecule has 0 bridgehead atoms. The van der Waals surface area contributed by atoms with Gasteiger partial charge in [-0.15, -0.1) is 0 Å². The van der Waals surface area contributed by atoms with E-state index in [2.05, 4.69) is 11.0 Å². The molecular formula is C14H19NO. The number of rotatable bonds is 2. The molecule has 0 aromatic heterocycles. The van der Waals surface area contributed by atoms with Crippen molar-refractivity contribution in [3.8, 4) is 5.75 Å². The van der Waals surface area contributed by atoms with Crippen molar-refractivity contribution >= 4 is 0 Å². The molecule has 2 aliphatic rings. The fourth-order valence-corrected chi connectivity index (χ4v) is 3.22. The molecule has 0 amide bonds. The molecule has 3 rings (SSSR count). The van der Waals surface area contributed by atoms with Crippen molar-refractivity contribution in [2.45, 2.75) is 31.6 Å². The second-order valence-corrected chi connectivity index (χ2v) is 5.09. The minimum absolute atomic E-state index is 0.513. The predicted octanol–water partition coefficient (Wildman–Crippen LogP) is 2.52. The van der Waals surface area contributed by atoms with Gasteiger partial charge in [-0.3, -0.25) is 0 Å². The Morgan fingerprint density at radius 3 is 2.88 bits per heavy atom. The number of nitrogens with zero attached hydrogens (tertiary/aromatic N) is 1. The van der Waals surface area contributed by atoms with Crippen molar-refractivity contribution in [1.29, 1.82) is 0 Å². The molecule has 0 radical (unpaired) electrons. The van der Waals surface area contributed by atoms with Gasteiger partial charge in [0.05, 0.1) is 0 Å². The van der Waals surface area contributed by atoms with E-state index in [1.165, 1.54) is 43.5 Å². The summed E-state index contributed by atoms with van der Waals surface area (Å²) in [6.07, 6.45) is 5.05. The van der Waals surface area contributed by atoms with Crippen LogP contribution in [0, 0.1) is 0 Å². The summed E-state index contributed by atoms with van der Waals surface area (Å²) >= 11 is 0. The second kappa shape index (κ2) is 4.10. The van der Waals surface area contributed by atoms with E-state index < -0.39 is 0 Å². The molecular weight excluding hydrogens is 198 g/mol. The lowest BCUT2D eigenvalue weighted by molar-refractivity contribution is 0.310. The van der Waals surface area contributed by atoms with Gasteiger partial charge in [0.15, 0.2) is 0 Å². The molecule has 1 aliphatic carbocycles. The fraction of sp³-hybridized carbons (Fsp3) is 0.571. The molecule has 1 saturated heterocycles. The summed E-state index contributed by atoms with van der Waals surface area (Å²) < 4.78 is 0. The van der Waals surface area contributed by atoms with Gasteiger partial charge in [-0.25, -0.2) is 0 Å². The van der Waals surface area contributed by atoms with Crippen LogP contribution in [0.4, 0.5) is 0 Å². The lowest BCUT2D eigenvalue weighted by Gasteiger charge is -2.20. The van der Waals surface area contributed by atoms with E-state index in [0.29, 0.717) is 11.7 Å². The average molecular weight is 217 g/mol. The van der Waals surface area contributed by atoms with E-state index in [0.717, 1.165) is 13.0 Å². The van der Waals surface area contributed by atoms with E-state index >= 15 is 0 Å². The van der Waals surface area contributed by atoms with Crippen LogP contribution < -0.4 is 0 Å². The van der Waals surface area contributed by atoms with Crippen molar-refractivity contribution in [2.24, 2.45) is 0 Å². The summed E-state index contributed by atoms with van der Waals surface area (Å²) in [4.78, 5) is 2.55. The van der Waals surface area contributed by atoms with Crippen LogP contribution in [0.5, 0.6) is 5.75 Å². The number of aryl methyl sites for hydroxylation is 1. The Hall–Kier alpha value is -1.02.